The molecule has 0 spiro atoms. The van der Waals surface area contributed by atoms with Crippen molar-refractivity contribution in [2.45, 2.75) is 25.9 Å². The van der Waals surface area contributed by atoms with Crippen molar-refractivity contribution in [1.29, 1.82) is 0 Å². The summed E-state index contributed by atoms with van der Waals surface area (Å²) in [6.07, 6.45) is 1.64. The van der Waals surface area contributed by atoms with Crippen molar-refractivity contribution in [3.05, 3.63) is 58.2 Å². The molecule has 96 valence electrons. The molecule has 1 heterocycles. The monoisotopic (exact) mass is 311 g/mol. The lowest BCUT2D eigenvalue weighted by molar-refractivity contribution is 0.397. The maximum atomic E-state index is 13.7. The van der Waals surface area contributed by atoms with E-state index in [4.69, 9.17) is 4.42 Å². The molecule has 2 nitrogen and oxygen atoms in total. The smallest absolute Gasteiger partial charge is 0.128 e. The van der Waals surface area contributed by atoms with Crippen LogP contribution in [0.1, 0.15) is 37.3 Å². The van der Waals surface area contributed by atoms with Crippen LogP contribution < -0.4 is 5.32 Å². The van der Waals surface area contributed by atoms with Crippen molar-refractivity contribution in [3.8, 4) is 0 Å². The molecule has 0 aliphatic carbocycles. The molecule has 0 fully saturated rings. The number of hydrogen-bond acceptors (Lipinski definition) is 2. The zero-order chi connectivity index (χ0) is 13.1. The van der Waals surface area contributed by atoms with E-state index < -0.39 is 0 Å². The van der Waals surface area contributed by atoms with Crippen LogP contribution in [0.3, 0.4) is 0 Å². The van der Waals surface area contributed by atoms with Crippen molar-refractivity contribution >= 4 is 15.9 Å². The van der Waals surface area contributed by atoms with Crippen molar-refractivity contribution in [2.75, 3.05) is 0 Å². The van der Waals surface area contributed by atoms with E-state index >= 15 is 0 Å². The van der Waals surface area contributed by atoms with E-state index in [9.17, 15) is 4.39 Å². The molecule has 0 bridgehead atoms. The van der Waals surface area contributed by atoms with Crippen LogP contribution in [0, 0.1) is 5.82 Å². The molecule has 1 aromatic carbocycles. The van der Waals surface area contributed by atoms with E-state index in [0.29, 0.717) is 5.56 Å². The Hall–Kier alpha value is -1.13. The van der Waals surface area contributed by atoms with Crippen LogP contribution in [-0.4, -0.2) is 0 Å². The van der Waals surface area contributed by atoms with Crippen LogP contribution in [0.4, 0.5) is 4.39 Å². The molecule has 0 saturated carbocycles. The fourth-order valence-electron chi connectivity index (χ4n) is 1.93. The van der Waals surface area contributed by atoms with E-state index in [1.54, 1.807) is 18.4 Å². The molecular weight excluding hydrogens is 297 g/mol. The quantitative estimate of drug-likeness (QED) is 0.893. The lowest BCUT2D eigenvalue weighted by Gasteiger charge is -2.19. The number of nitrogens with one attached hydrogen (secondary N) is 1. The van der Waals surface area contributed by atoms with Crippen LogP contribution in [0.15, 0.2) is 45.5 Å². The minimum Gasteiger partial charge on any atom is -0.468 e. The van der Waals surface area contributed by atoms with Gasteiger partial charge in [0.2, 0.25) is 0 Å². The molecular formula is C14H15BrFNO. The van der Waals surface area contributed by atoms with Gasteiger partial charge in [0.05, 0.1) is 12.3 Å². The number of furan rings is 1. The molecule has 0 radical (unpaired) electrons. The van der Waals surface area contributed by atoms with Gasteiger partial charge in [-0.3, -0.25) is 0 Å². The van der Waals surface area contributed by atoms with Crippen LogP contribution in [0.5, 0.6) is 0 Å². The van der Waals surface area contributed by atoms with Gasteiger partial charge in [-0.15, -0.1) is 0 Å². The van der Waals surface area contributed by atoms with Crippen LogP contribution in [0.2, 0.25) is 0 Å². The first kappa shape index (κ1) is 13.3. The first-order valence-electron chi connectivity index (χ1n) is 5.82. The Balaban J connectivity index is 2.12. The molecule has 1 N–H and O–H groups in total. The molecule has 2 atom stereocenters. The summed E-state index contributed by atoms with van der Waals surface area (Å²) in [4.78, 5) is 0. The zero-order valence-electron chi connectivity index (χ0n) is 10.3. The van der Waals surface area contributed by atoms with Gasteiger partial charge in [0.15, 0.2) is 0 Å². The van der Waals surface area contributed by atoms with E-state index in [1.165, 1.54) is 6.07 Å². The van der Waals surface area contributed by atoms with Crippen molar-refractivity contribution in [2.24, 2.45) is 0 Å². The van der Waals surface area contributed by atoms with Crippen LogP contribution in [-0.2, 0) is 0 Å². The van der Waals surface area contributed by atoms with Crippen LogP contribution >= 0.6 is 15.9 Å². The second-order valence-electron chi connectivity index (χ2n) is 4.29. The number of rotatable bonds is 4. The third kappa shape index (κ3) is 3.00. The lowest BCUT2D eigenvalue weighted by Crippen LogP contribution is -2.22. The van der Waals surface area contributed by atoms with E-state index in [2.05, 4.69) is 21.2 Å². The summed E-state index contributed by atoms with van der Waals surface area (Å²) in [5.74, 6) is 0.641. The van der Waals surface area contributed by atoms with Gasteiger partial charge in [0.1, 0.15) is 11.6 Å². The standard InChI is InChI=1S/C14H15BrFNO/c1-9(12-8-11(15)5-6-13(12)16)17-10(2)14-4-3-7-18-14/h3-10,17H,1-2H3. The highest BCUT2D eigenvalue weighted by molar-refractivity contribution is 9.10. The minimum absolute atomic E-state index is 0.0355. The zero-order valence-corrected chi connectivity index (χ0v) is 11.9. The summed E-state index contributed by atoms with van der Waals surface area (Å²) in [5, 5.41) is 3.31. The van der Waals surface area contributed by atoms with E-state index in [-0.39, 0.29) is 17.9 Å². The molecule has 18 heavy (non-hydrogen) atoms. The van der Waals surface area contributed by atoms with E-state index in [0.717, 1.165) is 10.2 Å². The van der Waals surface area contributed by atoms with Gasteiger partial charge < -0.3 is 9.73 Å². The Labute approximate surface area is 114 Å². The summed E-state index contributed by atoms with van der Waals surface area (Å²) in [6, 6.07) is 8.65. The molecule has 4 heteroatoms. The number of halogens is 2. The second-order valence-corrected chi connectivity index (χ2v) is 5.21. The Bertz CT molecular complexity index is 513. The third-order valence-electron chi connectivity index (χ3n) is 2.89. The van der Waals surface area contributed by atoms with Gasteiger partial charge in [-0.2, -0.15) is 0 Å². The van der Waals surface area contributed by atoms with Crippen LogP contribution in [0.25, 0.3) is 0 Å². The van der Waals surface area contributed by atoms with Gasteiger partial charge in [-0.25, -0.2) is 4.39 Å². The fraction of sp³-hybridized carbons (Fsp3) is 0.286. The van der Waals surface area contributed by atoms with Gasteiger partial charge in [0.25, 0.3) is 0 Å². The summed E-state index contributed by atoms with van der Waals surface area (Å²) >= 11 is 3.36. The summed E-state index contributed by atoms with van der Waals surface area (Å²) in [7, 11) is 0. The third-order valence-corrected chi connectivity index (χ3v) is 3.39. The highest BCUT2D eigenvalue weighted by Crippen LogP contribution is 2.24. The van der Waals surface area contributed by atoms with Crippen molar-refractivity contribution in [1.82, 2.24) is 5.32 Å². The van der Waals surface area contributed by atoms with Gasteiger partial charge in [-0.05, 0) is 44.2 Å². The Morgan fingerprint density at radius 3 is 2.67 bits per heavy atom. The van der Waals surface area contributed by atoms with Gasteiger partial charge in [0, 0.05) is 16.1 Å². The summed E-state index contributed by atoms with van der Waals surface area (Å²) in [5.41, 5.74) is 0.641. The molecule has 2 unspecified atom stereocenters. The minimum atomic E-state index is -0.204. The second kappa shape index (κ2) is 5.67. The Morgan fingerprint density at radius 2 is 2.00 bits per heavy atom. The normalized spacial score (nSPS) is 14.4. The maximum absolute atomic E-state index is 13.7. The number of benzene rings is 1. The Kier molecular flexibility index (Phi) is 4.19. The predicted molar refractivity (Wildman–Crippen MR) is 72.8 cm³/mol. The first-order chi connectivity index (χ1) is 8.58. The van der Waals surface area contributed by atoms with E-state index in [1.807, 2.05) is 26.0 Å². The molecule has 0 aliphatic rings. The SMILES string of the molecule is CC(NC(C)c1cc(Br)ccc1F)c1ccco1. The molecule has 0 amide bonds. The van der Waals surface area contributed by atoms with Crippen molar-refractivity contribution < 1.29 is 8.81 Å². The topological polar surface area (TPSA) is 25.2 Å². The maximum Gasteiger partial charge on any atom is 0.128 e. The summed E-state index contributed by atoms with van der Waals surface area (Å²) in [6.45, 7) is 3.93. The highest BCUT2D eigenvalue weighted by Gasteiger charge is 2.16. The average Bonchev–Trinajstić information content (AvgIpc) is 2.85. The predicted octanol–water partition coefficient (Wildman–Crippen LogP) is 4.59. The number of hydrogen-bond donors (Lipinski definition) is 1. The first-order valence-corrected chi connectivity index (χ1v) is 6.61. The molecule has 0 aliphatic heterocycles. The molecule has 2 aromatic rings. The summed E-state index contributed by atoms with van der Waals surface area (Å²) < 4.78 is 19.9. The van der Waals surface area contributed by atoms with Crippen molar-refractivity contribution in [3.63, 3.8) is 0 Å². The fourth-order valence-corrected chi connectivity index (χ4v) is 2.31. The average molecular weight is 312 g/mol. The van der Waals surface area contributed by atoms with Gasteiger partial charge in [-0.1, -0.05) is 15.9 Å². The molecule has 2 rings (SSSR count). The largest absolute Gasteiger partial charge is 0.468 e. The molecule has 1 aromatic heterocycles. The van der Waals surface area contributed by atoms with Gasteiger partial charge >= 0.3 is 0 Å². The highest BCUT2D eigenvalue weighted by atomic mass is 79.9. The lowest BCUT2D eigenvalue weighted by atomic mass is 10.1. The Morgan fingerprint density at radius 1 is 1.22 bits per heavy atom. The molecule has 0 saturated heterocycles.